The van der Waals surface area contributed by atoms with Crippen molar-refractivity contribution in [2.45, 2.75) is 79.2 Å². The standard InChI is InChI=1S/C25H36N2/c1-5-21-13-12-14-22(6-2)25(21)24-17-19(3)23(20(4)26-24)18-27-15-10-8-7-9-11-16-27/h12-14,17H,5-11,15-16,18H2,1-4H3. The molecule has 0 unspecified atom stereocenters. The van der Waals surface area contributed by atoms with Gasteiger partial charge in [-0.3, -0.25) is 9.88 Å². The SMILES string of the molecule is CCc1cccc(CC)c1-c1cc(C)c(CN2CCCCCCC2)c(C)n1. The number of rotatable bonds is 5. The lowest BCUT2D eigenvalue weighted by Gasteiger charge is -2.26. The fourth-order valence-corrected chi connectivity index (χ4v) is 4.49. The van der Waals surface area contributed by atoms with Gasteiger partial charge in [0.25, 0.3) is 0 Å². The lowest BCUT2D eigenvalue weighted by molar-refractivity contribution is 0.238. The van der Waals surface area contributed by atoms with Gasteiger partial charge in [0.05, 0.1) is 5.69 Å². The molecule has 1 fully saturated rings. The zero-order valence-electron chi connectivity index (χ0n) is 17.8. The molecule has 27 heavy (non-hydrogen) atoms. The zero-order chi connectivity index (χ0) is 19.2. The summed E-state index contributed by atoms with van der Waals surface area (Å²) in [6, 6.07) is 9.04. The van der Waals surface area contributed by atoms with Crippen molar-refractivity contribution < 1.29 is 0 Å². The van der Waals surface area contributed by atoms with Crippen molar-refractivity contribution >= 4 is 0 Å². The highest BCUT2D eigenvalue weighted by Gasteiger charge is 2.16. The molecule has 146 valence electrons. The Labute approximate surface area is 166 Å². The first-order valence-electron chi connectivity index (χ1n) is 10.9. The summed E-state index contributed by atoms with van der Waals surface area (Å²) < 4.78 is 0. The number of aryl methyl sites for hydroxylation is 4. The van der Waals surface area contributed by atoms with Gasteiger partial charge in [0.1, 0.15) is 0 Å². The highest BCUT2D eigenvalue weighted by Crippen LogP contribution is 2.30. The quantitative estimate of drug-likeness (QED) is 0.623. The molecule has 1 saturated heterocycles. The van der Waals surface area contributed by atoms with Crippen molar-refractivity contribution in [3.05, 3.63) is 52.2 Å². The van der Waals surface area contributed by atoms with Crippen molar-refractivity contribution in [2.24, 2.45) is 0 Å². The number of pyridine rings is 1. The van der Waals surface area contributed by atoms with E-state index in [1.54, 1.807) is 0 Å². The molecule has 0 saturated carbocycles. The number of benzene rings is 1. The van der Waals surface area contributed by atoms with Crippen LogP contribution in [0.25, 0.3) is 11.3 Å². The van der Waals surface area contributed by atoms with Crippen molar-refractivity contribution in [2.75, 3.05) is 13.1 Å². The Morgan fingerprint density at radius 3 is 2.04 bits per heavy atom. The van der Waals surface area contributed by atoms with Crippen molar-refractivity contribution in [3.63, 3.8) is 0 Å². The maximum absolute atomic E-state index is 5.10. The second-order valence-corrected chi connectivity index (χ2v) is 8.09. The lowest BCUT2D eigenvalue weighted by atomic mass is 9.93. The van der Waals surface area contributed by atoms with Gasteiger partial charge in [-0.05, 0) is 80.9 Å². The van der Waals surface area contributed by atoms with Gasteiger partial charge in [-0.2, -0.15) is 0 Å². The summed E-state index contributed by atoms with van der Waals surface area (Å²) in [5.41, 5.74) is 9.40. The normalized spacial score (nSPS) is 16.1. The zero-order valence-corrected chi connectivity index (χ0v) is 17.8. The molecule has 1 aromatic carbocycles. The molecule has 1 aliphatic heterocycles. The lowest BCUT2D eigenvalue weighted by Crippen LogP contribution is -2.27. The fraction of sp³-hybridized carbons (Fsp3) is 0.560. The van der Waals surface area contributed by atoms with E-state index in [9.17, 15) is 0 Å². The number of nitrogens with zero attached hydrogens (tertiary/aromatic N) is 2. The maximum atomic E-state index is 5.10. The minimum Gasteiger partial charge on any atom is -0.299 e. The molecule has 0 radical (unpaired) electrons. The molecule has 0 spiro atoms. The van der Waals surface area contributed by atoms with Crippen LogP contribution in [-0.4, -0.2) is 23.0 Å². The average molecular weight is 365 g/mol. The van der Waals surface area contributed by atoms with E-state index >= 15 is 0 Å². The first kappa shape index (κ1) is 20.1. The Kier molecular flexibility index (Phi) is 7.07. The second-order valence-electron chi connectivity index (χ2n) is 8.09. The average Bonchev–Trinajstić information content (AvgIpc) is 2.65. The number of hydrogen-bond acceptors (Lipinski definition) is 2. The molecule has 3 rings (SSSR count). The predicted octanol–water partition coefficient (Wildman–Crippen LogP) is 6.26. The van der Waals surface area contributed by atoms with Gasteiger partial charge in [0.15, 0.2) is 0 Å². The molecule has 1 aromatic heterocycles. The summed E-state index contributed by atoms with van der Waals surface area (Å²) in [5, 5.41) is 0. The Morgan fingerprint density at radius 2 is 1.48 bits per heavy atom. The number of hydrogen-bond donors (Lipinski definition) is 0. The topological polar surface area (TPSA) is 16.1 Å². The molecule has 2 aromatic rings. The molecule has 2 nitrogen and oxygen atoms in total. The van der Waals surface area contributed by atoms with Crippen LogP contribution in [0.3, 0.4) is 0 Å². The van der Waals surface area contributed by atoms with E-state index in [1.807, 2.05) is 0 Å². The van der Waals surface area contributed by atoms with Gasteiger partial charge in [-0.25, -0.2) is 0 Å². The Morgan fingerprint density at radius 1 is 0.889 bits per heavy atom. The van der Waals surface area contributed by atoms with E-state index in [-0.39, 0.29) is 0 Å². The molecular formula is C25H36N2. The minimum absolute atomic E-state index is 1.05. The van der Waals surface area contributed by atoms with Crippen LogP contribution in [-0.2, 0) is 19.4 Å². The highest BCUT2D eigenvalue weighted by atomic mass is 15.1. The van der Waals surface area contributed by atoms with Gasteiger partial charge in [-0.1, -0.05) is 51.3 Å². The van der Waals surface area contributed by atoms with Gasteiger partial charge >= 0.3 is 0 Å². The second kappa shape index (κ2) is 9.50. The third-order valence-electron chi connectivity index (χ3n) is 6.14. The van der Waals surface area contributed by atoms with Crippen molar-refractivity contribution in [3.8, 4) is 11.3 Å². The Bertz CT molecular complexity index is 710. The number of aromatic nitrogens is 1. The van der Waals surface area contributed by atoms with Crippen LogP contribution >= 0.6 is 0 Å². The third kappa shape index (κ3) is 4.79. The summed E-state index contributed by atoms with van der Waals surface area (Å²) in [7, 11) is 0. The summed E-state index contributed by atoms with van der Waals surface area (Å²) in [6.45, 7) is 12.5. The van der Waals surface area contributed by atoms with Crippen molar-refractivity contribution in [1.82, 2.24) is 9.88 Å². The molecule has 0 aliphatic carbocycles. The van der Waals surface area contributed by atoms with Crippen LogP contribution in [0.4, 0.5) is 0 Å². The van der Waals surface area contributed by atoms with Crippen LogP contribution < -0.4 is 0 Å². The molecule has 1 aliphatic rings. The summed E-state index contributed by atoms with van der Waals surface area (Å²) in [4.78, 5) is 7.75. The third-order valence-corrected chi connectivity index (χ3v) is 6.14. The summed E-state index contributed by atoms with van der Waals surface area (Å²) in [5.74, 6) is 0. The molecule has 0 N–H and O–H groups in total. The fourth-order valence-electron chi connectivity index (χ4n) is 4.49. The predicted molar refractivity (Wildman–Crippen MR) is 116 cm³/mol. The first-order chi connectivity index (χ1) is 13.1. The van der Waals surface area contributed by atoms with Crippen molar-refractivity contribution in [1.29, 1.82) is 0 Å². The van der Waals surface area contributed by atoms with E-state index in [0.29, 0.717) is 0 Å². The van der Waals surface area contributed by atoms with E-state index < -0.39 is 0 Å². The van der Waals surface area contributed by atoms with Crippen LogP contribution in [0.1, 0.15) is 73.9 Å². The summed E-state index contributed by atoms with van der Waals surface area (Å²) >= 11 is 0. The smallest absolute Gasteiger partial charge is 0.0713 e. The van der Waals surface area contributed by atoms with Gasteiger partial charge in [0.2, 0.25) is 0 Å². The number of likely N-dealkylation sites (tertiary alicyclic amines) is 1. The summed E-state index contributed by atoms with van der Waals surface area (Å²) in [6.07, 6.45) is 8.98. The first-order valence-corrected chi connectivity index (χ1v) is 10.9. The molecule has 0 amide bonds. The molecule has 2 heterocycles. The minimum atomic E-state index is 1.05. The van der Waals surface area contributed by atoms with E-state index in [0.717, 1.165) is 25.1 Å². The Hall–Kier alpha value is -1.67. The molecule has 0 atom stereocenters. The van der Waals surface area contributed by atoms with E-state index in [1.165, 1.54) is 78.7 Å². The van der Waals surface area contributed by atoms with Crippen LogP contribution in [0, 0.1) is 13.8 Å². The van der Waals surface area contributed by atoms with E-state index in [4.69, 9.17) is 4.98 Å². The van der Waals surface area contributed by atoms with Gasteiger partial charge < -0.3 is 0 Å². The highest BCUT2D eigenvalue weighted by molar-refractivity contribution is 5.69. The monoisotopic (exact) mass is 364 g/mol. The largest absolute Gasteiger partial charge is 0.299 e. The van der Waals surface area contributed by atoms with Crippen LogP contribution in [0.5, 0.6) is 0 Å². The van der Waals surface area contributed by atoms with Gasteiger partial charge in [0, 0.05) is 17.8 Å². The molecular weight excluding hydrogens is 328 g/mol. The maximum Gasteiger partial charge on any atom is 0.0713 e. The van der Waals surface area contributed by atoms with Crippen LogP contribution in [0.2, 0.25) is 0 Å². The molecule has 2 heteroatoms. The van der Waals surface area contributed by atoms with Crippen LogP contribution in [0.15, 0.2) is 24.3 Å². The Balaban J connectivity index is 1.91. The van der Waals surface area contributed by atoms with E-state index in [2.05, 4.69) is 56.9 Å². The van der Waals surface area contributed by atoms with Gasteiger partial charge in [-0.15, -0.1) is 0 Å². The molecule has 0 bridgehead atoms.